The third kappa shape index (κ3) is 4.31. The van der Waals surface area contributed by atoms with Crippen LogP contribution in [0.5, 0.6) is 0 Å². The Morgan fingerprint density at radius 2 is 1.28 bits per heavy atom. The zero-order chi connectivity index (χ0) is 12.6. The van der Waals surface area contributed by atoms with E-state index in [1.54, 1.807) is 0 Å². The predicted molar refractivity (Wildman–Crippen MR) is 81.2 cm³/mol. The van der Waals surface area contributed by atoms with E-state index >= 15 is 0 Å². The number of nitrogens with zero attached hydrogens (tertiary/aromatic N) is 2. The highest BCUT2D eigenvalue weighted by molar-refractivity contribution is 7.33. The summed E-state index contributed by atoms with van der Waals surface area (Å²) in [5.41, 5.74) is 2.63. The van der Waals surface area contributed by atoms with Crippen molar-refractivity contribution in [2.24, 2.45) is 4.52 Å². The molecule has 0 heterocycles. The summed E-state index contributed by atoms with van der Waals surface area (Å²) in [7, 11) is 3.41. The van der Waals surface area contributed by atoms with Gasteiger partial charge in [0.1, 0.15) is 0 Å². The lowest BCUT2D eigenvalue weighted by Gasteiger charge is -2.16. The molecule has 0 aliphatic carbocycles. The maximum atomic E-state index is 4.14. The van der Waals surface area contributed by atoms with Gasteiger partial charge in [0, 0.05) is 13.1 Å². The first-order valence-electron chi connectivity index (χ1n) is 5.82. The lowest BCUT2D eigenvalue weighted by Crippen LogP contribution is -2.11. The van der Waals surface area contributed by atoms with Crippen molar-refractivity contribution in [3.05, 3.63) is 71.8 Å². The van der Waals surface area contributed by atoms with Crippen LogP contribution < -0.4 is 0 Å². The lowest BCUT2D eigenvalue weighted by molar-refractivity contribution is 0.457. The highest BCUT2D eigenvalue weighted by Gasteiger charge is 2.04. The molecule has 0 N–H and O–H groups in total. The van der Waals surface area contributed by atoms with E-state index < -0.39 is 0 Å². The van der Waals surface area contributed by atoms with Gasteiger partial charge in [0.05, 0.1) is 8.52 Å². The first-order chi connectivity index (χ1) is 8.88. The standard InChI is InChI=1S/C14H16N2P2/c17-15-18-16(11-13-7-3-1-4-8-13)12-14-9-5-2-6-10-14/h1-10H,11-12,17H2. The molecule has 0 aliphatic heterocycles. The molecular weight excluding hydrogens is 258 g/mol. The molecule has 92 valence electrons. The molecule has 0 spiro atoms. The van der Waals surface area contributed by atoms with Gasteiger partial charge in [-0.25, -0.2) is 9.19 Å². The Labute approximate surface area is 112 Å². The second-order valence-corrected chi connectivity index (χ2v) is 5.67. The van der Waals surface area contributed by atoms with Crippen LogP contribution >= 0.6 is 17.9 Å². The Hall–Kier alpha value is -1.07. The zero-order valence-corrected chi connectivity index (χ0v) is 12.2. The minimum absolute atomic E-state index is 0.912. The second kappa shape index (κ2) is 7.38. The van der Waals surface area contributed by atoms with Gasteiger partial charge in [-0.05, 0) is 20.5 Å². The van der Waals surface area contributed by atoms with Crippen LogP contribution in [0.2, 0.25) is 0 Å². The average molecular weight is 274 g/mol. The van der Waals surface area contributed by atoms with Crippen molar-refractivity contribution in [1.82, 2.24) is 4.67 Å². The van der Waals surface area contributed by atoms with Crippen molar-refractivity contribution in [1.29, 1.82) is 0 Å². The Kier molecular flexibility index (Phi) is 5.48. The van der Waals surface area contributed by atoms with Crippen molar-refractivity contribution in [3.8, 4) is 0 Å². The fourth-order valence-corrected chi connectivity index (χ4v) is 2.82. The molecule has 0 aliphatic rings. The molecule has 0 saturated heterocycles. The van der Waals surface area contributed by atoms with Gasteiger partial charge in [0.25, 0.3) is 0 Å². The van der Waals surface area contributed by atoms with Crippen LogP contribution in [0.1, 0.15) is 11.1 Å². The van der Waals surface area contributed by atoms with E-state index in [0.717, 1.165) is 21.6 Å². The molecule has 0 amide bonds. The van der Waals surface area contributed by atoms with E-state index in [1.807, 2.05) is 12.1 Å². The Morgan fingerprint density at radius 1 is 0.833 bits per heavy atom. The fraction of sp³-hybridized carbons (Fsp3) is 0.143. The largest absolute Gasteiger partial charge is 0.235 e. The molecule has 0 saturated carbocycles. The van der Waals surface area contributed by atoms with Crippen molar-refractivity contribution in [3.63, 3.8) is 0 Å². The first kappa shape index (κ1) is 13.4. The monoisotopic (exact) mass is 274 g/mol. The van der Waals surface area contributed by atoms with Gasteiger partial charge in [-0.3, -0.25) is 0 Å². The van der Waals surface area contributed by atoms with E-state index in [2.05, 4.69) is 67.1 Å². The van der Waals surface area contributed by atoms with Crippen LogP contribution in [0, 0.1) is 0 Å². The predicted octanol–water partition coefficient (Wildman–Crippen LogP) is 4.52. The summed E-state index contributed by atoms with van der Waals surface area (Å²) in [4.78, 5) is 0. The summed E-state index contributed by atoms with van der Waals surface area (Å²) in [5.74, 6) is 0. The minimum atomic E-state index is 0.912. The molecule has 2 rings (SSSR count). The third-order valence-corrected chi connectivity index (χ3v) is 3.54. The van der Waals surface area contributed by atoms with Gasteiger partial charge in [-0.1, -0.05) is 60.7 Å². The summed E-state index contributed by atoms with van der Waals surface area (Å²) < 4.78 is 6.43. The summed E-state index contributed by atoms with van der Waals surface area (Å²) >= 11 is 0. The minimum Gasteiger partial charge on any atom is -0.235 e. The summed E-state index contributed by atoms with van der Waals surface area (Å²) in [6, 6.07) is 21.0. The van der Waals surface area contributed by atoms with Gasteiger partial charge >= 0.3 is 0 Å². The maximum absolute atomic E-state index is 4.14. The number of hydrogen-bond acceptors (Lipinski definition) is 1. The van der Waals surface area contributed by atoms with Gasteiger partial charge in [0.15, 0.2) is 0 Å². The summed E-state index contributed by atoms with van der Waals surface area (Å²) in [6.45, 7) is 1.82. The molecule has 18 heavy (non-hydrogen) atoms. The average Bonchev–Trinajstić information content (AvgIpc) is 2.41. The van der Waals surface area contributed by atoms with Crippen LogP contribution in [0.25, 0.3) is 0 Å². The van der Waals surface area contributed by atoms with Crippen LogP contribution in [-0.2, 0) is 13.1 Å². The highest BCUT2D eigenvalue weighted by atomic mass is 31.1. The normalized spacial score (nSPS) is 11.2. The summed E-state index contributed by atoms with van der Waals surface area (Å²) in [5, 5.41) is 0. The second-order valence-electron chi connectivity index (χ2n) is 4.00. The fourth-order valence-electron chi connectivity index (χ4n) is 1.78. The number of hydrogen-bond donors (Lipinski definition) is 0. The molecule has 0 aromatic heterocycles. The van der Waals surface area contributed by atoms with Crippen LogP contribution in [0.3, 0.4) is 0 Å². The molecule has 1 atom stereocenters. The Morgan fingerprint density at radius 3 is 1.67 bits per heavy atom. The van der Waals surface area contributed by atoms with Gasteiger partial charge < -0.3 is 0 Å². The quantitative estimate of drug-likeness (QED) is 0.732. The number of rotatable bonds is 5. The SMILES string of the molecule is PN=PN(Cc1ccccc1)Cc1ccccc1. The van der Waals surface area contributed by atoms with Gasteiger partial charge in [-0.15, -0.1) is 0 Å². The Balaban J connectivity index is 2.05. The highest BCUT2D eigenvalue weighted by Crippen LogP contribution is 2.20. The van der Waals surface area contributed by atoms with Crippen LogP contribution in [0.4, 0.5) is 0 Å². The molecule has 2 aromatic carbocycles. The van der Waals surface area contributed by atoms with Crippen molar-refractivity contribution in [2.75, 3.05) is 0 Å². The molecule has 2 nitrogen and oxygen atoms in total. The smallest absolute Gasteiger partial charge is 0.0974 e. The first-order valence-corrected chi connectivity index (χ1v) is 7.14. The maximum Gasteiger partial charge on any atom is 0.0974 e. The number of benzene rings is 2. The van der Waals surface area contributed by atoms with E-state index in [1.165, 1.54) is 11.1 Å². The Bertz CT molecular complexity index is 444. The van der Waals surface area contributed by atoms with Crippen molar-refractivity contribution >= 4 is 17.9 Å². The van der Waals surface area contributed by atoms with Gasteiger partial charge in [0.2, 0.25) is 0 Å². The zero-order valence-electron chi connectivity index (χ0n) is 10.1. The van der Waals surface area contributed by atoms with E-state index in [-0.39, 0.29) is 0 Å². The lowest BCUT2D eigenvalue weighted by atomic mass is 10.2. The molecule has 4 heteroatoms. The van der Waals surface area contributed by atoms with Crippen LogP contribution in [-0.4, -0.2) is 4.67 Å². The van der Waals surface area contributed by atoms with E-state index in [9.17, 15) is 0 Å². The molecule has 0 bridgehead atoms. The van der Waals surface area contributed by atoms with Crippen molar-refractivity contribution in [2.45, 2.75) is 13.1 Å². The molecular formula is C14H16N2P2. The summed E-state index contributed by atoms with van der Waals surface area (Å²) in [6.07, 6.45) is 0. The van der Waals surface area contributed by atoms with Gasteiger partial charge in [-0.2, -0.15) is 0 Å². The molecule has 0 fully saturated rings. The topological polar surface area (TPSA) is 15.6 Å². The van der Waals surface area contributed by atoms with Crippen molar-refractivity contribution < 1.29 is 0 Å². The van der Waals surface area contributed by atoms with Crippen LogP contribution in [0.15, 0.2) is 65.2 Å². The molecule has 2 aromatic rings. The molecule has 0 radical (unpaired) electrons. The molecule has 1 unspecified atom stereocenters. The van der Waals surface area contributed by atoms with E-state index in [4.69, 9.17) is 0 Å². The third-order valence-electron chi connectivity index (χ3n) is 2.59. The van der Waals surface area contributed by atoms with E-state index in [0.29, 0.717) is 0 Å².